The molecule has 0 unspecified atom stereocenters. The van der Waals surface area contributed by atoms with E-state index in [-0.39, 0.29) is 5.91 Å². The van der Waals surface area contributed by atoms with Crippen LogP contribution in [0.2, 0.25) is 0 Å². The van der Waals surface area contributed by atoms with Crippen molar-refractivity contribution in [3.63, 3.8) is 0 Å². The number of nitrogens with zero attached hydrogens (tertiary/aromatic N) is 1. The summed E-state index contributed by atoms with van der Waals surface area (Å²) in [4.78, 5) is 12.0. The molecule has 118 valence electrons. The van der Waals surface area contributed by atoms with Crippen molar-refractivity contribution in [2.45, 2.75) is 58.4 Å². The van der Waals surface area contributed by atoms with Crippen LogP contribution in [0.5, 0.6) is 0 Å². The molecule has 1 fully saturated rings. The lowest BCUT2D eigenvalue weighted by Gasteiger charge is -2.24. The standard InChI is InChI=1S/C19H26N2O/c1-15(11-16-5-3-2-4-6-16)12-19(22)21-14-18-9-7-17(13-20)8-10-18/h7-10,15-16H,2-6,11-12,14H2,1H3,(H,21,22)/t15-/m1/s1. The number of nitrogens with one attached hydrogen (secondary N) is 1. The first-order valence-corrected chi connectivity index (χ1v) is 8.43. The molecule has 1 amide bonds. The zero-order valence-corrected chi connectivity index (χ0v) is 13.5. The van der Waals surface area contributed by atoms with Crippen molar-refractivity contribution in [1.82, 2.24) is 5.32 Å². The highest BCUT2D eigenvalue weighted by atomic mass is 16.1. The molecule has 0 radical (unpaired) electrons. The number of hydrogen-bond acceptors (Lipinski definition) is 2. The van der Waals surface area contributed by atoms with Gasteiger partial charge in [-0.25, -0.2) is 0 Å². The van der Waals surface area contributed by atoms with Gasteiger partial charge in [0.25, 0.3) is 0 Å². The van der Waals surface area contributed by atoms with Gasteiger partial charge in [0.15, 0.2) is 0 Å². The minimum atomic E-state index is 0.132. The molecule has 0 aliphatic heterocycles. The quantitative estimate of drug-likeness (QED) is 0.857. The topological polar surface area (TPSA) is 52.9 Å². The molecule has 1 saturated carbocycles. The lowest BCUT2D eigenvalue weighted by molar-refractivity contribution is -0.122. The van der Waals surface area contributed by atoms with Crippen LogP contribution in [0.25, 0.3) is 0 Å². The van der Waals surface area contributed by atoms with Crippen LogP contribution >= 0.6 is 0 Å². The van der Waals surface area contributed by atoms with Gasteiger partial charge in [0.05, 0.1) is 11.6 Å². The summed E-state index contributed by atoms with van der Waals surface area (Å²) in [6.07, 6.45) is 8.60. The summed E-state index contributed by atoms with van der Waals surface area (Å²) in [5.41, 5.74) is 1.68. The van der Waals surface area contributed by atoms with Gasteiger partial charge in [0, 0.05) is 13.0 Å². The summed E-state index contributed by atoms with van der Waals surface area (Å²) in [6, 6.07) is 9.45. The highest BCUT2D eigenvalue weighted by Gasteiger charge is 2.18. The number of rotatable bonds is 6. The summed E-state index contributed by atoms with van der Waals surface area (Å²) in [6.45, 7) is 2.73. The SMILES string of the molecule is C[C@@H](CC(=O)NCc1ccc(C#N)cc1)CC1CCCCC1. The van der Waals surface area contributed by atoms with Gasteiger partial charge in [-0.05, 0) is 36.0 Å². The summed E-state index contributed by atoms with van der Waals surface area (Å²) in [7, 11) is 0. The number of carbonyl (C=O) groups excluding carboxylic acids is 1. The van der Waals surface area contributed by atoms with Crippen LogP contribution in [0, 0.1) is 23.2 Å². The third kappa shape index (κ3) is 5.52. The first-order valence-electron chi connectivity index (χ1n) is 8.43. The Hall–Kier alpha value is -1.82. The largest absolute Gasteiger partial charge is 0.352 e. The van der Waals surface area contributed by atoms with E-state index in [0.29, 0.717) is 24.4 Å². The molecule has 0 bridgehead atoms. The zero-order chi connectivity index (χ0) is 15.8. The normalized spacial score (nSPS) is 16.7. The van der Waals surface area contributed by atoms with Gasteiger partial charge in [-0.2, -0.15) is 5.26 Å². The molecule has 0 saturated heterocycles. The fourth-order valence-corrected chi connectivity index (χ4v) is 3.36. The van der Waals surface area contributed by atoms with Crippen molar-refractivity contribution >= 4 is 5.91 Å². The third-order valence-corrected chi connectivity index (χ3v) is 4.57. The zero-order valence-electron chi connectivity index (χ0n) is 13.5. The van der Waals surface area contributed by atoms with Crippen LogP contribution < -0.4 is 5.32 Å². The summed E-state index contributed by atoms with van der Waals surface area (Å²) < 4.78 is 0. The lowest BCUT2D eigenvalue weighted by Crippen LogP contribution is -2.25. The molecule has 3 heteroatoms. The van der Waals surface area contributed by atoms with Crippen molar-refractivity contribution in [2.75, 3.05) is 0 Å². The van der Waals surface area contributed by atoms with Gasteiger partial charge in [-0.15, -0.1) is 0 Å². The molecule has 1 aliphatic rings. The van der Waals surface area contributed by atoms with Gasteiger partial charge < -0.3 is 5.32 Å². The molecule has 1 aromatic rings. The number of benzene rings is 1. The molecular weight excluding hydrogens is 272 g/mol. The van der Waals surface area contributed by atoms with Crippen LogP contribution in [-0.2, 0) is 11.3 Å². The Morgan fingerprint density at radius 3 is 2.59 bits per heavy atom. The number of amides is 1. The monoisotopic (exact) mass is 298 g/mol. The van der Waals surface area contributed by atoms with Crippen LogP contribution in [-0.4, -0.2) is 5.91 Å². The van der Waals surface area contributed by atoms with Gasteiger partial charge in [0.2, 0.25) is 5.91 Å². The Bertz CT molecular complexity index is 509. The Morgan fingerprint density at radius 2 is 1.95 bits per heavy atom. The lowest BCUT2D eigenvalue weighted by atomic mass is 9.82. The average molecular weight is 298 g/mol. The minimum Gasteiger partial charge on any atom is -0.352 e. The molecule has 0 aromatic heterocycles. The third-order valence-electron chi connectivity index (χ3n) is 4.57. The Morgan fingerprint density at radius 1 is 1.27 bits per heavy atom. The molecular formula is C19H26N2O. The fourth-order valence-electron chi connectivity index (χ4n) is 3.36. The highest BCUT2D eigenvalue weighted by molar-refractivity contribution is 5.76. The summed E-state index contributed by atoms with van der Waals surface area (Å²) in [5.74, 6) is 1.42. The van der Waals surface area contributed by atoms with Gasteiger partial charge in [0.1, 0.15) is 0 Å². The Kier molecular flexibility index (Phi) is 6.45. The molecule has 1 aliphatic carbocycles. The van der Waals surface area contributed by atoms with Crippen molar-refractivity contribution in [3.8, 4) is 6.07 Å². The first-order chi connectivity index (χ1) is 10.7. The minimum absolute atomic E-state index is 0.132. The van der Waals surface area contributed by atoms with Gasteiger partial charge >= 0.3 is 0 Å². The second kappa shape index (κ2) is 8.58. The average Bonchev–Trinajstić information content (AvgIpc) is 2.54. The van der Waals surface area contributed by atoms with Crippen molar-refractivity contribution < 1.29 is 4.79 Å². The maximum absolute atomic E-state index is 12.0. The van der Waals surface area contributed by atoms with Crippen molar-refractivity contribution in [1.29, 1.82) is 5.26 Å². The van der Waals surface area contributed by atoms with Crippen LogP contribution in [0.1, 0.15) is 63.0 Å². The molecule has 22 heavy (non-hydrogen) atoms. The van der Waals surface area contributed by atoms with E-state index in [9.17, 15) is 4.79 Å². The molecule has 0 spiro atoms. The van der Waals surface area contributed by atoms with E-state index in [1.54, 1.807) is 12.1 Å². The van der Waals surface area contributed by atoms with Crippen LogP contribution in [0.4, 0.5) is 0 Å². The number of hydrogen-bond donors (Lipinski definition) is 1. The summed E-state index contributed by atoms with van der Waals surface area (Å²) >= 11 is 0. The Balaban J connectivity index is 1.69. The molecule has 1 atom stereocenters. The maximum atomic E-state index is 12.0. The van der Waals surface area contributed by atoms with Gasteiger partial charge in [-0.1, -0.05) is 51.2 Å². The van der Waals surface area contributed by atoms with Crippen molar-refractivity contribution in [2.24, 2.45) is 11.8 Å². The maximum Gasteiger partial charge on any atom is 0.220 e. The van der Waals surface area contributed by atoms with Crippen LogP contribution in [0.15, 0.2) is 24.3 Å². The van der Waals surface area contributed by atoms with E-state index in [2.05, 4.69) is 18.3 Å². The molecule has 1 N–H and O–H groups in total. The van der Waals surface area contributed by atoms with Gasteiger partial charge in [-0.3, -0.25) is 4.79 Å². The summed E-state index contributed by atoms with van der Waals surface area (Å²) in [5, 5.41) is 11.7. The predicted octanol–water partition coefficient (Wildman–Crippen LogP) is 4.17. The molecule has 0 heterocycles. The van der Waals surface area contributed by atoms with E-state index in [1.165, 1.54) is 38.5 Å². The van der Waals surface area contributed by atoms with E-state index < -0.39 is 0 Å². The Labute approximate surface area is 133 Å². The second-order valence-corrected chi connectivity index (χ2v) is 6.63. The van der Waals surface area contributed by atoms with E-state index in [0.717, 1.165) is 11.5 Å². The first kappa shape index (κ1) is 16.5. The predicted molar refractivity (Wildman–Crippen MR) is 88.0 cm³/mol. The van der Waals surface area contributed by atoms with E-state index in [4.69, 9.17) is 5.26 Å². The molecule has 1 aromatic carbocycles. The number of nitriles is 1. The smallest absolute Gasteiger partial charge is 0.220 e. The fraction of sp³-hybridized carbons (Fsp3) is 0.579. The van der Waals surface area contributed by atoms with Crippen LogP contribution in [0.3, 0.4) is 0 Å². The molecule has 2 rings (SSSR count). The van der Waals surface area contributed by atoms with E-state index in [1.807, 2.05) is 12.1 Å². The number of carbonyl (C=O) groups is 1. The van der Waals surface area contributed by atoms with Crippen molar-refractivity contribution in [3.05, 3.63) is 35.4 Å². The van der Waals surface area contributed by atoms with E-state index >= 15 is 0 Å². The second-order valence-electron chi connectivity index (χ2n) is 6.63. The molecule has 3 nitrogen and oxygen atoms in total. The highest BCUT2D eigenvalue weighted by Crippen LogP contribution is 2.29.